The molecule has 0 aliphatic heterocycles. The molecule has 0 radical (unpaired) electrons. The van der Waals surface area contributed by atoms with Crippen LogP contribution in [0.1, 0.15) is 31.2 Å². The Balaban J connectivity index is 1.93. The zero-order valence-corrected chi connectivity index (χ0v) is 11.5. The maximum absolute atomic E-state index is 2.31. The van der Waals surface area contributed by atoms with Gasteiger partial charge in [0.2, 0.25) is 0 Å². The van der Waals surface area contributed by atoms with Crippen LogP contribution in [0.2, 0.25) is 0 Å². The van der Waals surface area contributed by atoms with Gasteiger partial charge in [-0.3, -0.25) is 0 Å². The minimum atomic E-state index is 0.847. The maximum Gasteiger partial charge on any atom is 0.0150 e. The van der Waals surface area contributed by atoms with E-state index in [9.17, 15) is 0 Å². The lowest BCUT2D eigenvalue weighted by molar-refractivity contribution is 1.13. The topological polar surface area (TPSA) is 0 Å². The molecule has 92 valence electrons. The molecule has 0 saturated heterocycles. The van der Waals surface area contributed by atoms with E-state index in [1.54, 1.807) is 0 Å². The summed E-state index contributed by atoms with van der Waals surface area (Å²) < 4.78 is 0. The molecule has 0 atom stereocenters. The van der Waals surface area contributed by atoms with Crippen LogP contribution in [0, 0.1) is 0 Å². The largest absolute Gasteiger partial charge is 0.126 e. The quantitative estimate of drug-likeness (QED) is 0.663. The smallest absolute Gasteiger partial charge is 0.0150 e. The molecular weight excluding hydrogens is 236 g/mol. The lowest BCUT2D eigenvalue weighted by atomic mass is 10.0. The highest BCUT2D eigenvalue weighted by atomic mass is 32.2. The van der Waals surface area contributed by atoms with Crippen molar-refractivity contribution in [2.24, 2.45) is 0 Å². The van der Waals surface area contributed by atoms with E-state index in [1.165, 1.54) is 34.4 Å². The molecular formula is C17H18S. The second-order valence-electron chi connectivity index (χ2n) is 4.83. The molecule has 2 aromatic rings. The second kappa shape index (κ2) is 5.19. The number of hydrogen-bond donors (Lipinski definition) is 0. The summed E-state index contributed by atoms with van der Waals surface area (Å²) in [6.45, 7) is 2.21. The van der Waals surface area contributed by atoms with Crippen LogP contribution in [0.15, 0.2) is 53.4 Å². The van der Waals surface area contributed by atoms with Crippen LogP contribution in [-0.2, 0) is 0 Å². The summed E-state index contributed by atoms with van der Waals surface area (Å²) in [5.41, 5.74) is 4.22. The van der Waals surface area contributed by atoms with Crippen LogP contribution in [0.25, 0.3) is 11.1 Å². The molecule has 1 aliphatic rings. The summed E-state index contributed by atoms with van der Waals surface area (Å²) in [6.07, 6.45) is 2.75. The lowest BCUT2D eigenvalue weighted by Gasteiger charge is -2.09. The van der Waals surface area contributed by atoms with Crippen LogP contribution < -0.4 is 0 Å². The predicted molar refractivity (Wildman–Crippen MR) is 80.3 cm³/mol. The Labute approximate surface area is 113 Å². The molecule has 18 heavy (non-hydrogen) atoms. The summed E-state index contributed by atoms with van der Waals surface area (Å²) in [4.78, 5) is 1.39. The molecule has 3 rings (SSSR count). The summed E-state index contributed by atoms with van der Waals surface area (Å²) in [5.74, 6) is 1.97. The molecule has 0 spiro atoms. The van der Waals surface area contributed by atoms with Crippen molar-refractivity contribution < 1.29 is 0 Å². The summed E-state index contributed by atoms with van der Waals surface area (Å²) in [5, 5.41) is 0. The number of rotatable bonds is 4. The minimum Gasteiger partial charge on any atom is -0.126 e. The zero-order chi connectivity index (χ0) is 12.4. The van der Waals surface area contributed by atoms with Crippen molar-refractivity contribution in [3.63, 3.8) is 0 Å². The van der Waals surface area contributed by atoms with Gasteiger partial charge in [0.05, 0.1) is 0 Å². The number of thioether (sulfide) groups is 1. The van der Waals surface area contributed by atoms with Gasteiger partial charge in [-0.15, -0.1) is 11.8 Å². The van der Waals surface area contributed by atoms with Gasteiger partial charge >= 0.3 is 0 Å². The summed E-state index contributed by atoms with van der Waals surface area (Å²) in [7, 11) is 0. The lowest BCUT2D eigenvalue weighted by Crippen LogP contribution is -1.84. The zero-order valence-electron chi connectivity index (χ0n) is 10.7. The highest BCUT2D eigenvalue weighted by Crippen LogP contribution is 2.41. The van der Waals surface area contributed by atoms with Crippen molar-refractivity contribution in [1.82, 2.24) is 0 Å². The fourth-order valence-electron chi connectivity index (χ4n) is 2.34. The fourth-order valence-corrected chi connectivity index (χ4v) is 3.17. The van der Waals surface area contributed by atoms with E-state index in [0.717, 1.165) is 11.7 Å². The van der Waals surface area contributed by atoms with E-state index in [4.69, 9.17) is 0 Å². The molecule has 0 aromatic heterocycles. The highest BCUT2D eigenvalue weighted by molar-refractivity contribution is 7.99. The van der Waals surface area contributed by atoms with Crippen molar-refractivity contribution in [2.75, 3.05) is 5.75 Å². The van der Waals surface area contributed by atoms with E-state index in [0.29, 0.717) is 0 Å². The Kier molecular flexibility index (Phi) is 3.42. The molecule has 1 heteroatoms. The molecule has 0 bridgehead atoms. The van der Waals surface area contributed by atoms with Gasteiger partial charge < -0.3 is 0 Å². The van der Waals surface area contributed by atoms with Crippen LogP contribution >= 0.6 is 11.8 Å². The Morgan fingerprint density at radius 2 is 1.72 bits per heavy atom. The van der Waals surface area contributed by atoms with Crippen LogP contribution in [0.4, 0.5) is 0 Å². The monoisotopic (exact) mass is 254 g/mol. The van der Waals surface area contributed by atoms with Gasteiger partial charge in [0.1, 0.15) is 0 Å². The Bertz CT molecular complexity index is 524. The third kappa shape index (κ3) is 2.46. The molecule has 0 unspecified atom stereocenters. The average Bonchev–Trinajstić information content (AvgIpc) is 3.25. The van der Waals surface area contributed by atoms with Crippen molar-refractivity contribution in [2.45, 2.75) is 30.6 Å². The molecule has 1 saturated carbocycles. The predicted octanol–water partition coefficient (Wildman–Crippen LogP) is 5.34. The van der Waals surface area contributed by atoms with Crippen molar-refractivity contribution in [3.05, 3.63) is 54.1 Å². The first-order chi connectivity index (χ1) is 8.88. The van der Waals surface area contributed by atoms with E-state index >= 15 is 0 Å². The molecule has 0 nitrogen and oxygen atoms in total. The molecule has 2 aromatic carbocycles. The normalized spacial score (nSPS) is 14.7. The molecule has 0 heterocycles. The maximum atomic E-state index is 2.31. The van der Waals surface area contributed by atoms with Crippen molar-refractivity contribution >= 4 is 11.8 Å². The Morgan fingerprint density at radius 3 is 2.39 bits per heavy atom. The van der Waals surface area contributed by atoms with Gasteiger partial charge in [-0.2, -0.15) is 0 Å². The Morgan fingerprint density at radius 1 is 1.00 bits per heavy atom. The number of benzene rings is 2. The van der Waals surface area contributed by atoms with Gasteiger partial charge in [-0.25, -0.2) is 0 Å². The summed E-state index contributed by atoms with van der Waals surface area (Å²) >= 11 is 1.92. The SMILES string of the molecule is CCSc1ccccc1-c1ccc(C2CC2)cc1. The molecule has 0 amide bonds. The van der Waals surface area contributed by atoms with Crippen LogP contribution in [-0.4, -0.2) is 5.75 Å². The van der Waals surface area contributed by atoms with Gasteiger partial charge in [0, 0.05) is 4.90 Å². The van der Waals surface area contributed by atoms with Crippen LogP contribution in [0.5, 0.6) is 0 Å². The van der Waals surface area contributed by atoms with E-state index in [-0.39, 0.29) is 0 Å². The second-order valence-corrected chi connectivity index (χ2v) is 6.13. The third-order valence-electron chi connectivity index (χ3n) is 3.46. The van der Waals surface area contributed by atoms with E-state index < -0.39 is 0 Å². The van der Waals surface area contributed by atoms with E-state index in [1.807, 2.05) is 11.8 Å². The standard InChI is InChI=1S/C17H18S/c1-2-18-17-6-4-3-5-16(17)15-11-9-14(10-12-15)13-7-8-13/h3-6,9-13H,2,7-8H2,1H3. The van der Waals surface area contributed by atoms with E-state index in [2.05, 4.69) is 55.5 Å². The first-order valence-electron chi connectivity index (χ1n) is 6.70. The van der Waals surface area contributed by atoms with Gasteiger partial charge in [-0.05, 0) is 47.3 Å². The first kappa shape index (κ1) is 11.9. The van der Waals surface area contributed by atoms with Crippen LogP contribution in [0.3, 0.4) is 0 Å². The van der Waals surface area contributed by atoms with Crippen molar-refractivity contribution in [3.8, 4) is 11.1 Å². The number of hydrogen-bond acceptors (Lipinski definition) is 1. The first-order valence-corrected chi connectivity index (χ1v) is 7.69. The minimum absolute atomic E-state index is 0.847. The van der Waals surface area contributed by atoms with Gasteiger partial charge in [0.15, 0.2) is 0 Å². The Hall–Kier alpha value is -1.21. The molecule has 1 aliphatic carbocycles. The summed E-state index contributed by atoms with van der Waals surface area (Å²) in [6, 6.07) is 17.9. The van der Waals surface area contributed by atoms with Gasteiger partial charge in [0.25, 0.3) is 0 Å². The van der Waals surface area contributed by atoms with Gasteiger partial charge in [-0.1, -0.05) is 49.4 Å². The average molecular weight is 254 g/mol. The highest BCUT2D eigenvalue weighted by Gasteiger charge is 2.23. The van der Waals surface area contributed by atoms with Crippen molar-refractivity contribution in [1.29, 1.82) is 0 Å². The molecule has 0 N–H and O–H groups in total. The third-order valence-corrected chi connectivity index (χ3v) is 4.41. The molecule has 1 fully saturated rings. The fraction of sp³-hybridized carbons (Fsp3) is 0.294.